The Morgan fingerprint density at radius 1 is 1.13 bits per heavy atom. The van der Waals surface area contributed by atoms with Crippen LogP contribution < -0.4 is 5.32 Å². The first-order chi connectivity index (χ1) is 10.9. The number of nitriles is 1. The maximum atomic E-state index is 12.2. The quantitative estimate of drug-likeness (QED) is 0.301. The van der Waals surface area contributed by atoms with Gasteiger partial charge in [0.15, 0.2) is 17.1 Å². The van der Waals surface area contributed by atoms with Crippen LogP contribution in [0.4, 0.5) is 5.69 Å². The van der Waals surface area contributed by atoms with E-state index in [2.05, 4.69) is 5.32 Å². The molecule has 0 spiro atoms. The minimum atomic E-state index is -0.775. The molecule has 4 N–H and O–H groups in total. The van der Waals surface area contributed by atoms with Gasteiger partial charge in [0.25, 0.3) is 5.91 Å². The van der Waals surface area contributed by atoms with E-state index < -0.39 is 23.0 Å². The number of aliphatic hydroxyl groups is 1. The van der Waals surface area contributed by atoms with Crippen molar-refractivity contribution in [2.45, 2.75) is 6.92 Å². The molecule has 0 aliphatic heterocycles. The van der Waals surface area contributed by atoms with Crippen LogP contribution in [0, 0.1) is 18.3 Å². The Kier molecular flexibility index (Phi) is 4.52. The molecule has 0 atom stereocenters. The SMILES string of the molecule is Cc1cccc(NC(=O)C(C#N)=C(O)c2ccc(O)c(O)c2)c1. The van der Waals surface area contributed by atoms with E-state index in [9.17, 15) is 20.1 Å². The second kappa shape index (κ2) is 6.54. The summed E-state index contributed by atoms with van der Waals surface area (Å²) in [5, 5.41) is 40.5. The first-order valence-electron chi connectivity index (χ1n) is 6.66. The number of amides is 1. The van der Waals surface area contributed by atoms with Crippen LogP contribution in [0.3, 0.4) is 0 Å². The van der Waals surface area contributed by atoms with Crippen molar-refractivity contribution in [1.82, 2.24) is 0 Å². The van der Waals surface area contributed by atoms with Crippen molar-refractivity contribution >= 4 is 17.4 Å². The van der Waals surface area contributed by atoms with Crippen molar-refractivity contribution in [3.63, 3.8) is 0 Å². The zero-order valence-electron chi connectivity index (χ0n) is 12.2. The van der Waals surface area contributed by atoms with Gasteiger partial charge in [0, 0.05) is 11.3 Å². The average Bonchev–Trinajstić information content (AvgIpc) is 2.50. The molecule has 0 radical (unpaired) electrons. The number of hydrogen-bond donors (Lipinski definition) is 4. The van der Waals surface area contributed by atoms with Gasteiger partial charge >= 0.3 is 0 Å². The lowest BCUT2D eigenvalue weighted by atomic mass is 10.1. The summed E-state index contributed by atoms with van der Waals surface area (Å²) < 4.78 is 0. The number of phenolic OH excluding ortho intramolecular Hbond substituents is 2. The third-order valence-corrected chi connectivity index (χ3v) is 3.10. The molecule has 0 aromatic heterocycles. The number of aromatic hydroxyl groups is 2. The number of nitrogens with one attached hydrogen (secondary N) is 1. The van der Waals surface area contributed by atoms with Gasteiger partial charge in [-0.2, -0.15) is 5.26 Å². The minimum Gasteiger partial charge on any atom is -0.506 e. The zero-order chi connectivity index (χ0) is 17.0. The Bertz CT molecular complexity index is 835. The topological polar surface area (TPSA) is 114 Å². The van der Waals surface area contributed by atoms with Crippen LogP contribution >= 0.6 is 0 Å². The molecule has 0 bridgehead atoms. The lowest BCUT2D eigenvalue weighted by molar-refractivity contribution is -0.112. The highest BCUT2D eigenvalue weighted by Gasteiger charge is 2.17. The molecule has 116 valence electrons. The number of aliphatic hydroxyl groups excluding tert-OH is 1. The summed E-state index contributed by atoms with van der Waals surface area (Å²) in [6.45, 7) is 1.85. The molecule has 1 amide bonds. The van der Waals surface area contributed by atoms with Gasteiger partial charge < -0.3 is 20.6 Å². The first kappa shape index (κ1) is 15.9. The standard InChI is InChI=1S/C17H14N2O4/c1-10-3-2-4-12(7-10)19-17(23)13(9-18)16(22)11-5-6-14(20)15(21)8-11/h2-8,20-22H,1H3,(H,19,23). The van der Waals surface area contributed by atoms with E-state index in [1.54, 1.807) is 24.3 Å². The van der Waals surface area contributed by atoms with Gasteiger partial charge in [-0.3, -0.25) is 4.79 Å². The zero-order valence-corrected chi connectivity index (χ0v) is 12.2. The van der Waals surface area contributed by atoms with Crippen molar-refractivity contribution in [2.24, 2.45) is 0 Å². The number of carbonyl (C=O) groups is 1. The van der Waals surface area contributed by atoms with Crippen LogP contribution in [0.25, 0.3) is 5.76 Å². The number of benzene rings is 2. The van der Waals surface area contributed by atoms with E-state index in [1.165, 1.54) is 6.07 Å². The maximum Gasteiger partial charge on any atom is 0.270 e. The van der Waals surface area contributed by atoms with Crippen LogP contribution in [0.1, 0.15) is 11.1 Å². The predicted molar refractivity (Wildman–Crippen MR) is 84.7 cm³/mol. The maximum absolute atomic E-state index is 12.2. The molecule has 6 heteroatoms. The largest absolute Gasteiger partial charge is 0.506 e. The molecular formula is C17H14N2O4. The van der Waals surface area contributed by atoms with Gasteiger partial charge in [0.05, 0.1) is 0 Å². The molecule has 0 heterocycles. The second-order valence-electron chi connectivity index (χ2n) is 4.86. The van der Waals surface area contributed by atoms with Gasteiger partial charge in [0.2, 0.25) is 0 Å². The smallest absolute Gasteiger partial charge is 0.270 e. The summed E-state index contributed by atoms with van der Waals surface area (Å²) in [6.07, 6.45) is 0. The molecule has 0 saturated carbocycles. The fourth-order valence-electron chi connectivity index (χ4n) is 1.94. The molecule has 0 fully saturated rings. The van der Waals surface area contributed by atoms with E-state index in [1.807, 2.05) is 13.0 Å². The molecule has 23 heavy (non-hydrogen) atoms. The molecule has 0 aliphatic rings. The van der Waals surface area contributed by atoms with Gasteiger partial charge in [-0.05, 0) is 42.8 Å². The average molecular weight is 310 g/mol. The molecule has 2 rings (SSSR count). The predicted octanol–water partition coefficient (Wildman–Crippen LogP) is 2.84. The molecular weight excluding hydrogens is 296 g/mol. The number of hydrogen-bond acceptors (Lipinski definition) is 5. The second-order valence-corrected chi connectivity index (χ2v) is 4.86. The molecule has 0 saturated heterocycles. The summed E-state index contributed by atoms with van der Waals surface area (Å²) in [5.74, 6) is -2.20. The molecule has 2 aromatic carbocycles. The fourth-order valence-corrected chi connectivity index (χ4v) is 1.94. The third-order valence-electron chi connectivity index (χ3n) is 3.10. The van der Waals surface area contributed by atoms with E-state index in [0.29, 0.717) is 5.69 Å². The summed E-state index contributed by atoms with van der Waals surface area (Å²) in [5.41, 5.74) is 0.954. The van der Waals surface area contributed by atoms with Crippen molar-refractivity contribution in [1.29, 1.82) is 5.26 Å². The van der Waals surface area contributed by atoms with Crippen LogP contribution in [0.15, 0.2) is 48.0 Å². The number of nitrogens with zero attached hydrogens (tertiary/aromatic N) is 1. The Labute approximate surface area is 132 Å². The normalized spacial score (nSPS) is 11.3. The first-order valence-corrected chi connectivity index (χ1v) is 6.66. The van der Waals surface area contributed by atoms with Crippen LogP contribution in [0.5, 0.6) is 11.5 Å². The third kappa shape index (κ3) is 3.60. The fraction of sp³-hybridized carbons (Fsp3) is 0.0588. The lowest BCUT2D eigenvalue weighted by Gasteiger charge is -2.08. The molecule has 0 unspecified atom stereocenters. The highest BCUT2D eigenvalue weighted by atomic mass is 16.3. The van der Waals surface area contributed by atoms with Crippen LogP contribution in [-0.2, 0) is 4.79 Å². The Balaban J connectivity index is 2.35. The molecule has 0 aliphatic carbocycles. The van der Waals surface area contributed by atoms with Gasteiger partial charge in [-0.25, -0.2) is 0 Å². The Morgan fingerprint density at radius 2 is 1.87 bits per heavy atom. The van der Waals surface area contributed by atoms with Gasteiger partial charge in [-0.1, -0.05) is 12.1 Å². The van der Waals surface area contributed by atoms with Gasteiger partial charge in [-0.15, -0.1) is 0 Å². The Hall–Kier alpha value is -3.46. The van der Waals surface area contributed by atoms with Gasteiger partial charge in [0.1, 0.15) is 11.8 Å². The van der Waals surface area contributed by atoms with Crippen molar-refractivity contribution in [3.05, 3.63) is 59.2 Å². The van der Waals surface area contributed by atoms with E-state index in [0.717, 1.165) is 17.7 Å². The summed E-state index contributed by atoms with van der Waals surface area (Å²) >= 11 is 0. The number of phenols is 2. The van der Waals surface area contributed by atoms with E-state index in [4.69, 9.17) is 5.26 Å². The number of anilines is 1. The minimum absolute atomic E-state index is 0.0382. The van der Waals surface area contributed by atoms with Crippen molar-refractivity contribution in [2.75, 3.05) is 5.32 Å². The summed E-state index contributed by atoms with van der Waals surface area (Å²) in [4.78, 5) is 12.2. The van der Waals surface area contributed by atoms with Crippen LogP contribution in [-0.4, -0.2) is 21.2 Å². The number of carbonyl (C=O) groups excluding carboxylic acids is 1. The van der Waals surface area contributed by atoms with Crippen LogP contribution in [0.2, 0.25) is 0 Å². The molecule has 2 aromatic rings. The number of rotatable bonds is 3. The lowest BCUT2D eigenvalue weighted by Crippen LogP contribution is -2.15. The van der Waals surface area contributed by atoms with Crippen molar-refractivity contribution in [3.8, 4) is 17.6 Å². The van der Waals surface area contributed by atoms with E-state index >= 15 is 0 Å². The molecule has 6 nitrogen and oxygen atoms in total. The monoisotopic (exact) mass is 310 g/mol. The highest BCUT2D eigenvalue weighted by molar-refractivity contribution is 6.11. The van der Waals surface area contributed by atoms with E-state index in [-0.39, 0.29) is 11.3 Å². The summed E-state index contributed by atoms with van der Waals surface area (Å²) in [7, 11) is 0. The highest BCUT2D eigenvalue weighted by Crippen LogP contribution is 2.28. The van der Waals surface area contributed by atoms with Crippen molar-refractivity contribution < 1.29 is 20.1 Å². The Morgan fingerprint density at radius 3 is 2.48 bits per heavy atom. The summed E-state index contributed by atoms with van der Waals surface area (Å²) in [6, 6.07) is 12.1. The number of aryl methyl sites for hydroxylation is 1.